The molecular weight excluding hydrogens is 316 g/mol. The third-order valence-corrected chi connectivity index (χ3v) is 4.30. The molecule has 132 valence electrons. The topological polar surface area (TPSA) is 75.3 Å². The summed E-state index contributed by atoms with van der Waals surface area (Å²) in [5.74, 6) is 1.48. The third-order valence-electron chi connectivity index (χ3n) is 4.30. The van der Waals surface area contributed by atoms with Crippen molar-refractivity contribution in [2.45, 2.75) is 38.1 Å². The number of nitrogens with one attached hydrogen (secondary N) is 3. The number of urea groups is 1. The van der Waals surface area contributed by atoms with Crippen molar-refractivity contribution in [2.24, 2.45) is 0 Å². The maximum absolute atomic E-state index is 12.0. The van der Waals surface area contributed by atoms with Crippen LogP contribution in [0.2, 0.25) is 0 Å². The predicted molar refractivity (Wildman–Crippen MR) is 99.5 cm³/mol. The number of carbonyl (C=O) groups is 1. The summed E-state index contributed by atoms with van der Waals surface area (Å²) in [5.41, 5.74) is 1.56. The van der Waals surface area contributed by atoms with Crippen LogP contribution in [0.3, 0.4) is 0 Å². The Morgan fingerprint density at radius 3 is 2.68 bits per heavy atom. The Balaban J connectivity index is 1.53. The van der Waals surface area contributed by atoms with Crippen molar-refractivity contribution in [2.75, 3.05) is 17.7 Å². The highest BCUT2D eigenvalue weighted by molar-refractivity contribution is 5.89. The molecule has 25 heavy (non-hydrogen) atoms. The van der Waals surface area contributed by atoms with Gasteiger partial charge in [0.2, 0.25) is 0 Å². The molecule has 1 heterocycles. The molecule has 0 radical (unpaired) electrons. The van der Waals surface area contributed by atoms with Crippen LogP contribution in [-0.4, -0.2) is 24.2 Å². The van der Waals surface area contributed by atoms with E-state index in [4.69, 9.17) is 4.74 Å². The molecule has 0 bridgehead atoms. The predicted octanol–water partition coefficient (Wildman–Crippen LogP) is 4.29. The van der Waals surface area contributed by atoms with Crippen LogP contribution in [0.25, 0.3) is 0 Å². The van der Waals surface area contributed by atoms with Crippen LogP contribution >= 0.6 is 0 Å². The van der Waals surface area contributed by atoms with E-state index >= 15 is 0 Å². The van der Waals surface area contributed by atoms with Gasteiger partial charge in [0, 0.05) is 17.8 Å². The number of aromatic nitrogens is 1. The van der Waals surface area contributed by atoms with E-state index in [1.54, 1.807) is 13.3 Å². The van der Waals surface area contributed by atoms with Gasteiger partial charge in [-0.05, 0) is 37.1 Å². The van der Waals surface area contributed by atoms with E-state index in [1.807, 2.05) is 36.4 Å². The van der Waals surface area contributed by atoms with Crippen LogP contribution in [0.4, 0.5) is 22.0 Å². The minimum atomic E-state index is -0.165. The fraction of sp³-hybridized carbons (Fsp3) is 0.368. The normalized spacial score (nSPS) is 14.6. The number of hydrogen-bond acceptors (Lipinski definition) is 4. The number of amides is 2. The Morgan fingerprint density at radius 2 is 1.96 bits per heavy atom. The van der Waals surface area contributed by atoms with Crippen molar-refractivity contribution < 1.29 is 9.53 Å². The highest BCUT2D eigenvalue weighted by Crippen LogP contribution is 2.21. The van der Waals surface area contributed by atoms with E-state index in [1.165, 1.54) is 19.3 Å². The number of ether oxygens (including phenoxy) is 1. The van der Waals surface area contributed by atoms with Gasteiger partial charge in [0.1, 0.15) is 11.6 Å². The van der Waals surface area contributed by atoms with E-state index in [9.17, 15) is 4.79 Å². The van der Waals surface area contributed by atoms with Crippen LogP contribution in [0.5, 0.6) is 5.75 Å². The van der Waals surface area contributed by atoms with Crippen molar-refractivity contribution in [3.63, 3.8) is 0 Å². The molecule has 3 rings (SSSR count). The van der Waals surface area contributed by atoms with Gasteiger partial charge in [0.15, 0.2) is 0 Å². The zero-order chi connectivity index (χ0) is 17.5. The molecule has 0 saturated heterocycles. The highest BCUT2D eigenvalue weighted by Gasteiger charge is 2.15. The van der Waals surface area contributed by atoms with Crippen LogP contribution in [0, 0.1) is 0 Å². The van der Waals surface area contributed by atoms with E-state index in [2.05, 4.69) is 20.9 Å². The Hall–Kier alpha value is -2.76. The van der Waals surface area contributed by atoms with Gasteiger partial charge in [0.05, 0.1) is 19.0 Å². The lowest BCUT2D eigenvalue weighted by molar-refractivity contribution is 0.244. The largest absolute Gasteiger partial charge is 0.497 e. The summed E-state index contributed by atoms with van der Waals surface area (Å²) >= 11 is 0. The molecule has 0 unspecified atom stereocenters. The second-order valence-corrected chi connectivity index (χ2v) is 6.22. The molecule has 1 fully saturated rings. The number of nitrogens with zero attached hydrogens (tertiary/aromatic N) is 1. The summed E-state index contributed by atoms with van der Waals surface area (Å²) in [6.45, 7) is 0. The van der Waals surface area contributed by atoms with Crippen LogP contribution in [-0.2, 0) is 0 Å². The second kappa shape index (κ2) is 8.37. The molecular formula is C19H24N4O2. The number of rotatable bonds is 5. The first-order chi connectivity index (χ1) is 12.2. The van der Waals surface area contributed by atoms with Gasteiger partial charge in [-0.25, -0.2) is 9.78 Å². The molecule has 1 aliphatic carbocycles. The minimum Gasteiger partial charge on any atom is -0.497 e. The van der Waals surface area contributed by atoms with Crippen molar-refractivity contribution in [3.05, 3.63) is 42.6 Å². The van der Waals surface area contributed by atoms with Gasteiger partial charge >= 0.3 is 6.03 Å². The zero-order valence-electron chi connectivity index (χ0n) is 14.4. The maximum Gasteiger partial charge on any atom is 0.319 e. The maximum atomic E-state index is 12.0. The Bertz CT molecular complexity index is 697. The standard InChI is InChI=1S/C19H24N4O2/c1-25-17-9-5-8-15(12-17)21-18-11-10-16(13-20-18)23-19(24)22-14-6-3-2-4-7-14/h5,8-14H,2-4,6-7H2,1H3,(H,20,21)(H2,22,23,24). The molecule has 0 aliphatic heterocycles. The fourth-order valence-electron chi connectivity index (χ4n) is 2.99. The van der Waals surface area contributed by atoms with Crippen molar-refractivity contribution in [1.29, 1.82) is 0 Å². The first kappa shape index (κ1) is 17.1. The molecule has 6 heteroatoms. The van der Waals surface area contributed by atoms with E-state index in [0.717, 1.165) is 24.3 Å². The van der Waals surface area contributed by atoms with Crippen molar-refractivity contribution in [1.82, 2.24) is 10.3 Å². The zero-order valence-corrected chi connectivity index (χ0v) is 14.4. The SMILES string of the molecule is COc1cccc(Nc2ccc(NC(=O)NC3CCCCC3)cn2)c1. The van der Waals surface area contributed by atoms with E-state index in [-0.39, 0.29) is 12.1 Å². The van der Waals surface area contributed by atoms with Crippen LogP contribution in [0.15, 0.2) is 42.6 Å². The molecule has 0 spiro atoms. The highest BCUT2D eigenvalue weighted by atomic mass is 16.5. The van der Waals surface area contributed by atoms with Gasteiger partial charge in [0.25, 0.3) is 0 Å². The number of methoxy groups -OCH3 is 1. The fourth-order valence-corrected chi connectivity index (χ4v) is 2.99. The summed E-state index contributed by atoms with van der Waals surface area (Å²) in [7, 11) is 1.64. The summed E-state index contributed by atoms with van der Waals surface area (Å²) in [6, 6.07) is 11.4. The van der Waals surface area contributed by atoms with Crippen LogP contribution in [0.1, 0.15) is 32.1 Å². The summed E-state index contributed by atoms with van der Waals surface area (Å²) < 4.78 is 5.20. The van der Waals surface area contributed by atoms with Gasteiger partial charge in [-0.1, -0.05) is 25.3 Å². The van der Waals surface area contributed by atoms with E-state index < -0.39 is 0 Å². The molecule has 1 aromatic heterocycles. The molecule has 3 N–H and O–H groups in total. The lowest BCUT2D eigenvalue weighted by atomic mass is 9.96. The van der Waals surface area contributed by atoms with Gasteiger partial charge in [-0.3, -0.25) is 0 Å². The second-order valence-electron chi connectivity index (χ2n) is 6.22. The monoisotopic (exact) mass is 340 g/mol. The van der Waals surface area contributed by atoms with Gasteiger partial charge in [-0.2, -0.15) is 0 Å². The Morgan fingerprint density at radius 1 is 1.12 bits per heavy atom. The first-order valence-corrected chi connectivity index (χ1v) is 8.67. The summed E-state index contributed by atoms with van der Waals surface area (Å²) in [5, 5.41) is 9.07. The number of pyridine rings is 1. The van der Waals surface area contributed by atoms with Crippen molar-refractivity contribution >= 4 is 23.2 Å². The van der Waals surface area contributed by atoms with Crippen LogP contribution < -0.4 is 20.7 Å². The molecule has 0 atom stereocenters. The molecule has 2 aromatic rings. The average molecular weight is 340 g/mol. The summed E-state index contributed by atoms with van der Waals surface area (Å²) in [4.78, 5) is 16.4. The lowest BCUT2D eigenvalue weighted by Gasteiger charge is -2.22. The molecule has 1 aliphatic rings. The van der Waals surface area contributed by atoms with Gasteiger partial charge < -0.3 is 20.7 Å². The average Bonchev–Trinajstić information content (AvgIpc) is 2.64. The number of hydrogen-bond donors (Lipinski definition) is 3. The van der Waals surface area contributed by atoms with Gasteiger partial charge in [-0.15, -0.1) is 0 Å². The Kier molecular flexibility index (Phi) is 5.72. The van der Waals surface area contributed by atoms with Crippen molar-refractivity contribution in [3.8, 4) is 5.75 Å². The number of anilines is 3. The molecule has 2 amide bonds. The minimum absolute atomic E-state index is 0.165. The molecule has 1 aromatic carbocycles. The molecule has 1 saturated carbocycles. The lowest BCUT2D eigenvalue weighted by Crippen LogP contribution is -2.39. The molecule has 6 nitrogen and oxygen atoms in total. The first-order valence-electron chi connectivity index (χ1n) is 8.67. The smallest absolute Gasteiger partial charge is 0.319 e. The quantitative estimate of drug-likeness (QED) is 0.759. The summed E-state index contributed by atoms with van der Waals surface area (Å²) in [6.07, 6.45) is 7.42. The van der Waals surface area contributed by atoms with E-state index in [0.29, 0.717) is 11.5 Å². The number of benzene rings is 1. The third kappa shape index (κ3) is 5.11. The Labute approximate surface area is 148 Å². The number of carbonyl (C=O) groups excluding carboxylic acids is 1.